The Hall–Kier alpha value is -3.54. The quantitative estimate of drug-likeness (QED) is 0.525. The molecule has 0 amide bonds. The van der Waals surface area contributed by atoms with Gasteiger partial charge in [-0.1, -0.05) is 24.3 Å². The second-order valence-electron chi connectivity index (χ2n) is 6.29. The lowest BCUT2D eigenvalue weighted by atomic mass is 10.1. The molecule has 0 saturated heterocycles. The number of anilines is 1. The molecule has 0 unspecified atom stereocenters. The number of nitrogens with zero attached hydrogens (tertiary/aromatic N) is 3. The number of nitrogen functional groups attached to an aromatic ring is 1. The second-order valence-corrected chi connectivity index (χ2v) is 6.29. The monoisotopic (exact) mass is 343 g/mol. The van der Waals surface area contributed by atoms with Crippen LogP contribution < -0.4 is 10.5 Å². The van der Waals surface area contributed by atoms with E-state index in [1.807, 2.05) is 24.4 Å². The number of benzene rings is 2. The minimum atomic E-state index is 0.350. The molecule has 0 bridgehead atoms. The van der Waals surface area contributed by atoms with Crippen molar-refractivity contribution in [3.8, 4) is 5.75 Å². The average molecular weight is 343 g/mol. The minimum Gasteiger partial charge on any atom is -0.494 e. The van der Waals surface area contributed by atoms with Gasteiger partial charge >= 0.3 is 0 Å². The summed E-state index contributed by atoms with van der Waals surface area (Å²) in [6, 6.07) is 16.3. The molecule has 2 aromatic carbocycles. The van der Waals surface area contributed by atoms with Gasteiger partial charge in [-0.3, -0.25) is 0 Å². The number of hydrogen-bond acceptors (Lipinski definition) is 4. The second kappa shape index (κ2) is 5.49. The number of aromatic nitrogens is 4. The lowest BCUT2D eigenvalue weighted by Gasteiger charge is -2.07. The Kier molecular flexibility index (Phi) is 3.12. The first-order chi connectivity index (χ1) is 12.7. The van der Waals surface area contributed by atoms with Crippen LogP contribution in [0.25, 0.3) is 27.3 Å². The molecule has 0 saturated carbocycles. The van der Waals surface area contributed by atoms with E-state index >= 15 is 0 Å². The first-order valence-corrected chi connectivity index (χ1v) is 8.40. The van der Waals surface area contributed by atoms with Crippen molar-refractivity contribution in [2.75, 3.05) is 12.8 Å². The van der Waals surface area contributed by atoms with Gasteiger partial charge in [0.15, 0.2) is 0 Å². The topological polar surface area (TPSA) is 81.2 Å². The summed E-state index contributed by atoms with van der Waals surface area (Å²) in [5.41, 5.74) is 11.1. The number of H-pyrrole nitrogens is 1. The standard InChI is InChI=1S/C20H17N5O/c1-26-18-7-3-5-15-17-11-13(24-25(17)20(21)23-19(15)18)10-12-4-2-6-16-14(12)8-9-22-16/h2-9,11,22H,10H2,1H3,(H2,21,23). The molecule has 0 spiro atoms. The average Bonchev–Trinajstić information content (AvgIpc) is 3.29. The first kappa shape index (κ1) is 14.8. The highest BCUT2D eigenvalue weighted by atomic mass is 16.5. The van der Waals surface area contributed by atoms with E-state index in [1.165, 1.54) is 10.9 Å². The van der Waals surface area contributed by atoms with Gasteiger partial charge < -0.3 is 15.5 Å². The zero-order chi connectivity index (χ0) is 17.7. The number of para-hydroxylation sites is 1. The van der Waals surface area contributed by atoms with Crippen LogP contribution in [0.4, 0.5) is 5.95 Å². The molecule has 5 rings (SSSR count). The molecule has 128 valence electrons. The van der Waals surface area contributed by atoms with Crippen LogP contribution in [0.1, 0.15) is 11.3 Å². The van der Waals surface area contributed by atoms with Crippen LogP contribution in [0.5, 0.6) is 5.75 Å². The lowest BCUT2D eigenvalue weighted by molar-refractivity contribution is 0.419. The molecular weight excluding hydrogens is 326 g/mol. The Bertz CT molecular complexity index is 1270. The highest BCUT2D eigenvalue weighted by Gasteiger charge is 2.14. The van der Waals surface area contributed by atoms with Gasteiger partial charge in [-0.2, -0.15) is 9.61 Å². The summed E-state index contributed by atoms with van der Waals surface area (Å²) in [5.74, 6) is 1.06. The van der Waals surface area contributed by atoms with E-state index < -0.39 is 0 Å². The maximum absolute atomic E-state index is 6.16. The Morgan fingerprint density at radius 1 is 1.12 bits per heavy atom. The number of nitrogens with one attached hydrogen (secondary N) is 1. The molecule has 0 aliphatic heterocycles. The van der Waals surface area contributed by atoms with Crippen LogP contribution in [0.2, 0.25) is 0 Å². The Morgan fingerprint density at radius 3 is 2.88 bits per heavy atom. The minimum absolute atomic E-state index is 0.350. The number of methoxy groups -OCH3 is 1. The Labute approximate surface area is 149 Å². The third-order valence-electron chi connectivity index (χ3n) is 4.76. The summed E-state index contributed by atoms with van der Waals surface area (Å²) in [7, 11) is 1.64. The number of ether oxygens (including phenoxy) is 1. The van der Waals surface area contributed by atoms with Crippen molar-refractivity contribution in [2.24, 2.45) is 0 Å². The highest BCUT2D eigenvalue weighted by Crippen LogP contribution is 2.29. The highest BCUT2D eigenvalue weighted by molar-refractivity contribution is 5.97. The van der Waals surface area contributed by atoms with Gasteiger partial charge in [-0.15, -0.1) is 0 Å². The molecule has 0 aliphatic carbocycles. The van der Waals surface area contributed by atoms with Gasteiger partial charge in [0.05, 0.1) is 18.3 Å². The predicted octanol–water partition coefficient (Wildman–Crippen LogP) is 3.55. The van der Waals surface area contributed by atoms with Crippen molar-refractivity contribution in [3.63, 3.8) is 0 Å². The fourth-order valence-electron chi connectivity index (χ4n) is 3.55. The number of hydrogen-bond donors (Lipinski definition) is 2. The molecule has 0 fully saturated rings. The lowest BCUT2D eigenvalue weighted by Crippen LogP contribution is -2.03. The molecule has 0 radical (unpaired) electrons. The van der Waals surface area contributed by atoms with E-state index in [9.17, 15) is 0 Å². The fourth-order valence-corrected chi connectivity index (χ4v) is 3.55. The van der Waals surface area contributed by atoms with Crippen LogP contribution >= 0.6 is 0 Å². The van der Waals surface area contributed by atoms with Crippen molar-refractivity contribution < 1.29 is 4.74 Å². The van der Waals surface area contributed by atoms with Crippen LogP contribution in [-0.2, 0) is 6.42 Å². The zero-order valence-electron chi connectivity index (χ0n) is 14.2. The molecule has 6 nitrogen and oxygen atoms in total. The van der Waals surface area contributed by atoms with Gasteiger partial charge in [0.1, 0.15) is 11.3 Å². The maximum Gasteiger partial charge on any atom is 0.222 e. The third-order valence-corrected chi connectivity index (χ3v) is 4.76. The van der Waals surface area contributed by atoms with E-state index in [2.05, 4.69) is 45.4 Å². The van der Waals surface area contributed by atoms with Crippen molar-refractivity contribution in [3.05, 3.63) is 66.0 Å². The molecule has 0 atom stereocenters. The van der Waals surface area contributed by atoms with E-state index in [4.69, 9.17) is 10.5 Å². The maximum atomic E-state index is 6.16. The largest absolute Gasteiger partial charge is 0.494 e. The third kappa shape index (κ3) is 2.12. The van der Waals surface area contributed by atoms with Crippen LogP contribution in [-0.4, -0.2) is 26.7 Å². The molecular formula is C20H17N5O. The van der Waals surface area contributed by atoms with Crippen molar-refractivity contribution in [1.29, 1.82) is 0 Å². The summed E-state index contributed by atoms with van der Waals surface area (Å²) in [6.07, 6.45) is 2.68. The Morgan fingerprint density at radius 2 is 2.00 bits per heavy atom. The van der Waals surface area contributed by atoms with Crippen LogP contribution in [0, 0.1) is 0 Å². The number of aromatic amines is 1. The summed E-state index contributed by atoms with van der Waals surface area (Å²) in [4.78, 5) is 7.73. The molecule has 5 aromatic rings. The molecule has 3 aromatic heterocycles. The van der Waals surface area contributed by atoms with Crippen LogP contribution in [0.3, 0.4) is 0 Å². The fraction of sp³-hybridized carbons (Fsp3) is 0.100. The van der Waals surface area contributed by atoms with E-state index in [1.54, 1.807) is 11.6 Å². The molecule has 3 N–H and O–H groups in total. The Balaban J connectivity index is 1.69. The summed E-state index contributed by atoms with van der Waals surface area (Å²) >= 11 is 0. The summed E-state index contributed by atoms with van der Waals surface area (Å²) < 4.78 is 7.12. The van der Waals surface area contributed by atoms with E-state index in [0.29, 0.717) is 11.7 Å². The zero-order valence-corrected chi connectivity index (χ0v) is 14.2. The SMILES string of the molecule is COc1cccc2c1nc(N)n1nc(Cc3cccc4[nH]ccc34)cc21. The number of nitrogens with two attached hydrogens (primary N) is 1. The molecule has 3 heterocycles. The first-order valence-electron chi connectivity index (χ1n) is 8.40. The van der Waals surface area contributed by atoms with Gasteiger partial charge in [0.2, 0.25) is 5.95 Å². The van der Waals surface area contributed by atoms with E-state index in [0.717, 1.165) is 34.1 Å². The van der Waals surface area contributed by atoms with Crippen molar-refractivity contribution >= 4 is 33.3 Å². The normalized spacial score (nSPS) is 11.6. The van der Waals surface area contributed by atoms with Gasteiger partial charge in [-0.05, 0) is 29.8 Å². The van der Waals surface area contributed by atoms with E-state index in [-0.39, 0.29) is 0 Å². The summed E-state index contributed by atoms with van der Waals surface area (Å²) in [5, 5.41) is 6.86. The smallest absolute Gasteiger partial charge is 0.222 e. The predicted molar refractivity (Wildman–Crippen MR) is 103 cm³/mol. The van der Waals surface area contributed by atoms with Gasteiger partial charge in [0.25, 0.3) is 0 Å². The van der Waals surface area contributed by atoms with Crippen molar-refractivity contribution in [2.45, 2.75) is 6.42 Å². The number of rotatable bonds is 3. The van der Waals surface area contributed by atoms with Crippen LogP contribution in [0.15, 0.2) is 54.7 Å². The van der Waals surface area contributed by atoms with Gasteiger partial charge in [-0.25, -0.2) is 4.98 Å². The van der Waals surface area contributed by atoms with Crippen molar-refractivity contribution in [1.82, 2.24) is 19.6 Å². The molecule has 6 heteroatoms. The number of fused-ring (bicyclic) bond motifs is 4. The van der Waals surface area contributed by atoms with Gasteiger partial charge in [0, 0.05) is 28.9 Å². The molecule has 26 heavy (non-hydrogen) atoms. The molecule has 0 aliphatic rings. The summed E-state index contributed by atoms with van der Waals surface area (Å²) in [6.45, 7) is 0.